The Hall–Kier alpha value is -0.383. The molecule has 0 bridgehead atoms. The van der Waals surface area contributed by atoms with Crippen LogP contribution in [0.25, 0.3) is 0 Å². The standard InChI is InChI=1S/C12H24O2Si/c1-12(2,13-3)14-10-8-7-9-11-15(4,5)6/h7-9,11H,10H2,1-6H3/b8-7+,11-9+. The molecule has 0 radical (unpaired) electrons. The van der Waals surface area contributed by atoms with E-state index in [4.69, 9.17) is 9.47 Å². The lowest BCUT2D eigenvalue weighted by Crippen LogP contribution is -2.26. The molecule has 0 atom stereocenters. The van der Waals surface area contributed by atoms with Crippen LogP contribution in [0.1, 0.15) is 13.8 Å². The first-order valence-corrected chi connectivity index (χ1v) is 8.88. The quantitative estimate of drug-likeness (QED) is 0.394. The zero-order valence-corrected chi connectivity index (χ0v) is 11.8. The third-order valence-electron chi connectivity index (χ3n) is 1.86. The third kappa shape index (κ3) is 9.91. The molecule has 0 saturated heterocycles. The molecule has 0 heterocycles. The second-order valence-electron chi connectivity index (χ2n) is 5.07. The third-order valence-corrected chi connectivity index (χ3v) is 3.05. The Bertz CT molecular complexity index is 224. The van der Waals surface area contributed by atoms with Gasteiger partial charge in [0.1, 0.15) is 0 Å². The highest BCUT2D eigenvalue weighted by atomic mass is 28.3. The second kappa shape index (κ2) is 6.25. The fourth-order valence-corrected chi connectivity index (χ4v) is 1.47. The van der Waals surface area contributed by atoms with E-state index in [1.54, 1.807) is 7.11 Å². The summed E-state index contributed by atoms with van der Waals surface area (Å²) in [6.45, 7) is 11.3. The van der Waals surface area contributed by atoms with Gasteiger partial charge in [-0.1, -0.05) is 43.6 Å². The van der Waals surface area contributed by atoms with Crippen LogP contribution in [0.15, 0.2) is 23.9 Å². The highest BCUT2D eigenvalue weighted by Gasteiger charge is 2.14. The van der Waals surface area contributed by atoms with Crippen molar-refractivity contribution in [2.75, 3.05) is 13.7 Å². The molecule has 0 saturated carbocycles. The maximum atomic E-state index is 5.48. The Labute approximate surface area is 95.0 Å². The van der Waals surface area contributed by atoms with Gasteiger partial charge in [-0.2, -0.15) is 0 Å². The molecule has 0 amide bonds. The molecule has 0 aromatic heterocycles. The summed E-state index contributed by atoms with van der Waals surface area (Å²) in [5.41, 5.74) is 2.30. The summed E-state index contributed by atoms with van der Waals surface area (Å²) >= 11 is 0. The summed E-state index contributed by atoms with van der Waals surface area (Å²) in [7, 11) is 0.589. The van der Waals surface area contributed by atoms with Crippen LogP contribution in [-0.2, 0) is 9.47 Å². The second-order valence-corrected chi connectivity index (χ2v) is 10.1. The molecule has 3 heteroatoms. The van der Waals surface area contributed by atoms with Gasteiger partial charge in [0.05, 0.1) is 14.7 Å². The normalized spacial score (nSPS) is 14.3. The fraction of sp³-hybridized carbons (Fsp3) is 0.667. The molecule has 0 aromatic rings. The van der Waals surface area contributed by atoms with Gasteiger partial charge in [0.25, 0.3) is 0 Å². The molecule has 88 valence electrons. The van der Waals surface area contributed by atoms with Gasteiger partial charge in [-0.25, -0.2) is 0 Å². The van der Waals surface area contributed by atoms with E-state index < -0.39 is 13.9 Å². The fourth-order valence-electron chi connectivity index (χ4n) is 0.786. The van der Waals surface area contributed by atoms with Crippen LogP contribution in [0.5, 0.6) is 0 Å². The molecule has 0 aliphatic rings. The van der Waals surface area contributed by atoms with E-state index in [9.17, 15) is 0 Å². The summed E-state index contributed by atoms with van der Waals surface area (Å²) in [4.78, 5) is 0. The molecule has 0 fully saturated rings. The van der Waals surface area contributed by atoms with Crippen LogP contribution in [0.2, 0.25) is 19.6 Å². The number of hydrogen-bond acceptors (Lipinski definition) is 2. The van der Waals surface area contributed by atoms with Gasteiger partial charge in [0.15, 0.2) is 5.79 Å². The number of ether oxygens (including phenoxy) is 2. The molecular weight excluding hydrogens is 204 g/mol. The Morgan fingerprint density at radius 1 is 1.13 bits per heavy atom. The molecule has 0 spiro atoms. The number of hydrogen-bond donors (Lipinski definition) is 0. The van der Waals surface area contributed by atoms with Gasteiger partial charge < -0.3 is 9.47 Å². The first-order valence-electron chi connectivity index (χ1n) is 5.30. The molecule has 15 heavy (non-hydrogen) atoms. The van der Waals surface area contributed by atoms with Crippen LogP contribution in [-0.4, -0.2) is 27.6 Å². The van der Waals surface area contributed by atoms with Gasteiger partial charge in [0.2, 0.25) is 0 Å². The average Bonchev–Trinajstić information content (AvgIpc) is 2.09. The van der Waals surface area contributed by atoms with Crippen LogP contribution >= 0.6 is 0 Å². The SMILES string of the molecule is COC(C)(C)OC/C=C/C=C/[Si](C)(C)C. The lowest BCUT2D eigenvalue weighted by molar-refractivity contribution is -0.189. The minimum Gasteiger partial charge on any atom is -0.354 e. The van der Waals surface area contributed by atoms with Crippen LogP contribution < -0.4 is 0 Å². The van der Waals surface area contributed by atoms with Gasteiger partial charge in [0, 0.05) is 7.11 Å². The maximum Gasteiger partial charge on any atom is 0.162 e. The Balaban J connectivity index is 3.79. The molecule has 0 N–H and O–H groups in total. The molecule has 0 unspecified atom stereocenters. The van der Waals surface area contributed by atoms with E-state index >= 15 is 0 Å². The first-order chi connectivity index (χ1) is 6.77. The van der Waals surface area contributed by atoms with E-state index in [2.05, 4.69) is 31.4 Å². The van der Waals surface area contributed by atoms with Crippen molar-refractivity contribution in [3.63, 3.8) is 0 Å². The Morgan fingerprint density at radius 3 is 2.20 bits per heavy atom. The number of methoxy groups -OCH3 is 1. The van der Waals surface area contributed by atoms with E-state index in [1.807, 2.05) is 26.0 Å². The molecule has 0 rings (SSSR count). The van der Waals surface area contributed by atoms with Gasteiger partial charge >= 0.3 is 0 Å². The zero-order chi connectivity index (χ0) is 11.9. The minimum absolute atomic E-state index is 0.493. The molecule has 2 nitrogen and oxygen atoms in total. The van der Waals surface area contributed by atoms with Crippen molar-refractivity contribution in [1.82, 2.24) is 0 Å². The van der Waals surface area contributed by atoms with Crippen molar-refractivity contribution in [2.24, 2.45) is 0 Å². The van der Waals surface area contributed by atoms with E-state index in [0.29, 0.717) is 6.61 Å². The van der Waals surface area contributed by atoms with Crippen molar-refractivity contribution < 1.29 is 9.47 Å². The van der Waals surface area contributed by atoms with Crippen LogP contribution in [0.4, 0.5) is 0 Å². The summed E-state index contributed by atoms with van der Waals surface area (Å²) in [5, 5.41) is 0. The summed E-state index contributed by atoms with van der Waals surface area (Å²) in [6.07, 6.45) is 6.14. The van der Waals surface area contributed by atoms with Crippen molar-refractivity contribution in [1.29, 1.82) is 0 Å². The Morgan fingerprint density at radius 2 is 1.73 bits per heavy atom. The minimum atomic E-state index is -1.06. The summed E-state index contributed by atoms with van der Waals surface area (Å²) < 4.78 is 10.6. The monoisotopic (exact) mass is 228 g/mol. The van der Waals surface area contributed by atoms with E-state index in [1.165, 1.54) is 0 Å². The highest BCUT2D eigenvalue weighted by molar-refractivity contribution is 6.80. The van der Waals surface area contributed by atoms with Crippen molar-refractivity contribution in [3.05, 3.63) is 23.9 Å². The van der Waals surface area contributed by atoms with E-state index in [-0.39, 0.29) is 0 Å². The van der Waals surface area contributed by atoms with Gasteiger partial charge in [-0.05, 0) is 13.8 Å². The van der Waals surface area contributed by atoms with Gasteiger partial charge in [-0.15, -0.1) is 0 Å². The number of allylic oxidation sites excluding steroid dienone is 2. The van der Waals surface area contributed by atoms with Crippen LogP contribution in [0.3, 0.4) is 0 Å². The summed E-state index contributed by atoms with van der Waals surface area (Å²) in [6, 6.07) is 0. The van der Waals surface area contributed by atoms with Crippen molar-refractivity contribution in [2.45, 2.75) is 39.3 Å². The van der Waals surface area contributed by atoms with Crippen molar-refractivity contribution >= 4 is 8.07 Å². The largest absolute Gasteiger partial charge is 0.354 e. The smallest absolute Gasteiger partial charge is 0.162 e. The highest BCUT2D eigenvalue weighted by Crippen LogP contribution is 2.08. The maximum absolute atomic E-state index is 5.48. The van der Waals surface area contributed by atoms with Crippen LogP contribution in [0, 0.1) is 0 Å². The van der Waals surface area contributed by atoms with E-state index in [0.717, 1.165) is 0 Å². The molecule has 0 aliphatic heterocycles. The predicted molar refractivity (Wildman–Crippen MR) is 68.7 cm³/mol. The summed E-state index contributed by atoms with van der Waals surface area (Å²) in [5.74, 6) is -0.493. The van der Waals surface area contributed by atoms with Gasteiger partial charge in [-0.3, -0.25) is 0 Å². The topological polar surface area (TPSA) is 18.5 Å². The lowest BCUT2D eigenvalue weighted by atomic mass is 10.4. The average molecular weight is 228 g/mol. The lowest BCUT2D eigenvalue weighted by Gasteiger charge is -2.22. The number of rotatable bonds is 6. The first kappa shape index (κ1) is 14.6. The molecule has 0 aliphatic carbocycles. The van der Waals surface area contributed by atoms with Crippen molar-refractivity contribution in [3.8, 4) is 0 Å². The molecule has 0 aromatic carbocycles. The predicted octanol–water partition coefficient (Wildman–Crippen LogP) is 3.38. The Kier molecular flexibility index (Phi) is 6.09. The molecular formula is C12H24O2Si. The zero-order valence-electron chi connectivity index (χ0n) is 10.8.